The van der Waals surface area contributed by atoms with Crippen LogP contribution in [0.15, 0.2) is 47.9 Å². The van der Waals surface area contributed by atoms with Crippen molar-refractivity contribution in [3.63, 3.8) is 0 Å². The normalized spacial score (nSPS) is 10.7. The number of carbonyl (C=O) groups is 1. The van der Waals surface area contributed by atoms with Crippen LogP contribution in [0.5, 0.6) is 0 Å². The van der Waals surface area contributed by atoms with Gasteiger partial charge in [0, 0.05) is 0 Å². The third kappa shape index (κ3) is 3.21. The summed E-state index contributed by atoms with van der Waals surface area (Å²) in [6, 6.07) is 7.49. The molecule has 5 heteroatoms. The van der Waals surface area contributed by atoms with Crippen molar-refractivity contribution in [3.8, 4) is 0 Å². The largest absolute Gasteiger partial charge is 0.342 e. The van der Waals surface area contributed by atoms with E-state index in [0.717, 1.165) is 0 Å². The molecule has 0 fully saturated rings. The highest BCUT2D eigenvalue weighted by Crippen LogP contribution is 2.11. The third-order valence-corrected chi connectivity index (χ3v) is 2.80. The van der Waals surface area contributed by atoms with Crippen molar-refractivity contribution in [2.24, 2.45) is 0 Å². The molecule has 0 N–H and O–H groups in total. The van der Waals surface area contributed by atoms with E-state index in [9.17, 15) is 13.2 Å². The van der Waals surface area contributed by atoms with Crippen LogP contribution in [-0.4, -0.2) is 14.4 Å². The van der Waals surface area contributed by atoms with Crippen molar-refractivity contribution < 1.29 is 17.4 Å². The highest BCUT2D eigenvalue weighted by Gasteiger charge is 2.18. The first-order valence-electron chi connectivity index (χ1n) is 4.19. The van der Waals surface area contributed by atoms with Crippen LogP contribution >= 0.6 is 0 Å². The van der Waals surface area contributed by atoms with E-state index in [-0.39, 0.29) is 11.3 Å². The van der Waals surface area contributed by atoms with Gasteiger partial charge in [0.05, 0.1) is 6.42 Å². The summed E-state index contributed by atoms with van der Waals surface area (Å²) < 4.78 is 27.2. The molecule has 4 nitrogen and oxygen atoms in total. The maximum Gasteiger partial charge on any atom is 0.341 e. The first-order chi connectivity index (χ1) is 7.06. The smallest absolute Gasteiger partial charge is 0.341 e. The van der Waals surface area contributed by atoms with Gasteiger partial charge in [-0.15, -0.1) is 6.58 Å². The maximum absolute atomic E-state index is 11.4. The molecule has 1 rings (SSSR count). The van der Waals surface area contributed by atoms with Gasteiger partial charge in [-0.25, -0.2) is 0 Å². The van der Waals surface area contributed by atoms with E-state index in [4.69, 9.17) is 0 Å². The topological polar surface area (TPSA) is 60.4 Å². The van der Waals surface area contributed by atoms with Crippen LogP contribution in [0.25, 0.3) is 0 Å². The molecule has 0 saturated heterocycles. The van der Waals surface area contributed by atoms with Crippen LogP contribution in [0.4, 0.5) is 0 Å². The Morgan fingerprint density at radius 1 is 1.33 bits per heavy atom. The van der Waals surface area contributed by atoms with Gasteiger partial charge in [-0.1, -0.05) is 24.3 Å². The fourth-order valence-electron chi connectivity index (χ4n) is 0.910. The Labute approximate surface area is 88.3 Å². The number of benzene rings is 1. The van der Waals surface area contributed by atoms with Crippen LogP contribution in [0.3, 0.4) is 0 Å². The highest BCUT2D eigenvalue weighted by atomic mass is 32.2. The lowest BCUT2D eigenvalue weighted by Crippen LogP contribution is -2.12. The Morgan fingerprint density at radius 3 is 2.47 bits per heavy atom. The molecule has 0 spiro atoms. The monoisotopic (exact) mass is 226 g/mol. The lowest BCUT2D eigenvalue weighted by molar-refractivity contribution is -0.132. The number of hydrogen-bond acceptors (Lipinski definition) is 4. The fourth-order valence-corrected chi connectivity index (χ4v) is 1.81. The van der Waals surface area contributed by atoms with E-state index >= 15 is 0 Å². The quantitative estimate of drug-likeness (QED) is 0.576. The second-order valence-corrected chi connectivity index (χ2v) is 4.26. The molecule has 0 aliphatic heterocycles. The molecule has 0 radical (unpaired) electrons. The Bertz CT molecular complexity index is 448. The zero-order valence-electron chi connectivity index (χ0n) is 7.92. The molecule has 0 amide bonds. The molecule has 1 aromatic rings. The summed E-state index contributed by atoms with van der Waals surface area (Å²) in [5.74, 6) is -0.839. The molecule has 0 saturated carbocycles. The molecule has 0 unspecified atom stereocenters. The number of carbonyl (C=O) groups excluding carboxylic acids is 1. The predicted octanol–water partition coefficient (Wildman–Crippen LogP) is 1.49. The molecule has 0 bridgehead atoms. The molecule has 0 heterocycles. The van der Waals surface area contributed by atoms with Gasteiger partial charge in [0.2, 0.25) is 0 Å². The summed E-state index contributed by atoms with van der Waals surface area (Å²) in [6.07, 6.45) is 1.15. The molecule has 0 aliphatic carbocycles. The minimum Gasteiger partial charge on any atom is -0.342 e. The van der Waals surface area contributed by atoms with E-state index in [2.05, 4.69) is 10.8 Å². The summed E-state index contributed by atoms with van der Waals surface area (Å²) in [7, 11) is -3.98. The average Bonchev–Trinajstić information content (AvgIpc) is 2.18. The van der Waals surface area contributed by atoms with Crippen LogP contribution < -0.4 is 0 Å². The number of rotatable bonds is 4. The first-order valence-corrected chi connectivity index (χ1v) is 5.60. The Kier molecular flexibility index (Phi) is 3.62. The summed E-state index contributed by atoms with van der Waals surface area (Å²) >= 11 is 0. The van der Waals surface area contributed by atoms with Gasteiger partial charge in [-0.2, -0.15) is 8.42 Å². The van der Waals surface area contributed by atoms with Crippen molar-refractivity contribution in [1.82, 2.24) is 0 Å². The maximum atomic E-state index is 11.4. The minimum atomic E-state index is -3.98. The molecule has 0 aliphatic rings. The summed E-state index contributed by atoms with van der Waals surface area (Å²) in [4.78, 5) is 10.9. The molecule has 80 valence electrons. The van der Waals surface area contributed by atoms with E-state index in [1.165, 1.54) is 18.2 Å². The summed E-state index contributed by atoms with van der Waals surface area (Å²) in [5, 5.41) is 0. The molecular weight excluding hydrogens is 216 g/mol. The van der Waals surface area contributed by atoms with Gasteiger partial charge in [0.25, 0.3) is 0 Å². The van der Waals surface area contributed by atoms with Crippen molar-refractivity contribution in [1.29, 1.82) is 0 Å². The van der Waals surface area contributed by atoms with Crippen LogP contribution in [0, 0.1) is 0 Å². The van der Waals surface area contributed by atoms with Gasteiger partial charge >= 0.3 is 16.1 Å². The zero-order chi connectivity index (χ0) is 11.3. The predicted molar refractivity (Wildman–Crippen MR) is 54.5 cm³/mol. The van der Waals surface area contributed by atoms with Crippen molar-refractivity contribution in [2.75, 3.05) is 0 Å². The van der Waals surface area contributed by atoms with Crippen molar-refractivity contribution >= 4 is 16.1 Å². The summed E-state index contributed by atoms with van der Waals surface area (Å²) in [5.41, 5.74) is 0. The Morgan fingerprint density at radius 2 is 1.93 bits per heavy atom. The molecule has 1 aromatic carbocycles. The Hall–Kier alpha value is -1.62. The van der Waals surface area contributed by atoms with Crippen molar-refractivity contribution in [3.05, 3.63) is 43.0 Å². The second kappa shape index (κ2) is 4.75. The van der Waals surface area contributed by atoms with Crippen LogP contribution in [0.2, 0.25) is 0 Å². The van der Waals surface area contributed by atoms with Gasteiger partial charge in [-0.05, 0) is 12.1 Å². The van der Waals surface area contributed by atoms with Crippen LogP contribution in [-0.2, 0) is 19.1 Å². The second-order valence-electron chi connectivity index (χ2n) is 2.72. The average molecular weight is 226 g/mol. The van der Waals surface area contributed by atoms with Gasteiger partial charge in [0.1, 0.15) is 4.90 Å². The lowest BCUT2D eigenvalue weighted by atomic mass is 10.4. The molecule has 0 atom stereocenters. The van der Waals surface area contributed by atoms with Crippen molar-refractivity contribution in [2.45, 2.75) is 11.3 Å². The highest BCUT2D eigenvalue weighted by molar-refractivity contribution is 7.87. The lowest BCUT2D eigenvalue weighted by Gasteiger charge is -2.03. The minimum absolute atomic E-state index is 0.0394. The van der Waals surface area contributed by atoms with Gasteiger partial charge < -0.3 is 4.18 Å². The van der Waals surface area contributed by atoms with Crippen LogP contribution in [0.1, 0.15) is 6.42 Å². The third-order valence-electron chi connectivity index (χ3n) is 1.55. The molecular formula is C10H10O4S. The van der Waals surface area contributed by atoms with Gasteiger partial charge in [-0.3, -0.25) is 4.79 Å². The van der Waals surface area contributed by atoms with E-state index in [0.29, 0.717) is 0 Å². The Balaban J connectivity index is 2.86. The molecule has 15 heavy (non-hydrogen) atoms. The first kappa shape index (κ1) is 11.5. The fraction of sp³-hybridized carbons (Fsp3) is 0.100. The summed E-state index contributed by atoms with van der Waals surface area (Å²) in [6.45, 7) is 3.31. The van der Waals surface area contributed by atoms with E-state index in [1.807, 2.05) is 0 Å². The SMILES string of the molecule is C=CCC(=O)OS(=O)(=O)c1ccccc1. The standard InChI is InChI=1S/C10H10O4S/c1-2-6-10(11)14-15(12,13)9-7-4-3-5-8-9/h2-5,7-8H,1,6H2. The number of hydrogen-bond donors (Lipinski definition) is 0. The van der Waals surface area contributed by atoms with E-state index in [1.54, 1.807) is 18.2 Å². The van der Waals surface area contributed by atoms with E-state index < -0.39 is 16.1 Å². The van der Waals surface area contributed by atoms with Gasteiger partial charge in [0.15, 0.2) is 0 Å². The molecule has 0 aromatic heterocycles. The zero-order valence-corrected chi connectivity index (χ0v) is 8.74.